The van der Waals surface area contributed by atoms with Crippen LogP contribution in [0.2, 0.25) is 0 Å². The largest absolute Gasteiger partial charge is 0.438 e. The SMILES string of the molecule is Cc1c(-c2ccccc2)c(N2CCC(N(C)C)C2)c2oc(C(C)(C)CO)nc2c1C#N. The lowest BCUT2D eigenvalue weighted by atomic mass is 9.93. The third kappa shape index (κ3) is 3.58. The normalized spacial score (nSPS) is 17.0. The third-order valence-electron chi connectivity index (χ3n) is 6.42. The Hall–Kier alpha value is -2.88. The highest BCUT2D eigenvalue weighted by Gasteiger charge is 2.34. The van der Waals surface area contributed by atoms with Gasteiger partial charge < -0.3 is 19.3 Å². The van der Waals surface area contributed by atoms with Gasteiger partial charge in [0.05, 0.1) is 23.3 Å². The monoisotopic (exact) mass is 418 g/mol. The fraction of sp³-hybridized carbons (Fsp3) is 0.440. The van der Waals surface area contributed by atoms with Crippen molar-refractivity contribution in [3.63, 3.8) is 0 Å². The molecule has 0 aliphatic carbocycles. The number of fused-ring (bicyclic) bond motifs is 1. The molecule has 0 amide bonds. The van der Waals surface area contributed by atoms with Crippen LogP contribution in [0.1, 0.15) is 37.3 Å². The van der Waals surface area contributed by atoms with Crippen molar-refractivity contribution in [3.05, 3.63) is 47.3 Å². The van der Waals surface area contributed by atoms with Gasteiger partial charge >= 0.3 is 0 Å². The standard InChI is InChI=1S/C25H30N4O2/c1-16-19(13-26)21-23(31-24(27-21)25(2,3)15-30)22(20(16)17-9-7-6-8-10-17)29-12-11-18(14-29)28(4)5/h6-10,18,30H,11-12,14-15H2,1-5H3. The quantitative estimate of drug-likeness (QED) is 0.673. The highest BCUT2D eigenvalue weighted by atomic mass is 16.4. The van der Waals surface area contributed by atoms with Crippen molar-refractivity contribution >= 4 is 16.8 Å². The van der Waals surface area contributed by atoms with Gasteiger partial charge in [-0.05, 0) is 52.4 Å². The van der Waals surface area contributed by atoms with Crippen molar-refractivity contribution < 1.29 is 9.52 Å². The van der Waals surface area contributed by atoms with Crippen LogP contribution in [0, 0.1) is 18.3 Å². The summed E-state index contributed by atoms with van der Waals surface area (Å²) in [5.74, 6) is 0.454. The number of rotatable bonds is 5. The van der Waals surface area contributed by atoms with E-state index < -0.39 is 5.41 Å². The van der Waals surface area contributed by atoms with E-state index in [1.165, 1.54) is 0 Å². The molecule has 31 heavy (non-hydrogen) atoms. The average molecular weight is 419 g/mol. The molecule has 6 heteroatoms. The smallest absolute Gasteiger partial charge is 0.203 e. The number of nitrogens with zero attached hydrogens (tertiary/aromatic N) is 4. The van der Waals surface area contributed by atoms with Crippen LogP contribution in [-0.2, 0) is 5.41 Å². The molecule has 1 N–H and O–H groups in total. The number of anilines is 1. The second-order valence-electron chi connectivity index (χ2n) is 9.29. The van der Waals surface area contributed by atoms with Crippen molar-refractivity contribution in [2.75, 3.05) is 38.7 Å². The molecule has 1 unspecified atom stereocenters. The van der Waals surface area contributed by atoms with Crippen molar-refractivity contribution in [1.82, 2.24) is 9.88 Å². The van der Waals surface area contributed by atoms with Crippen LogP contribution in [0.3, 0.4) is 0 Å². The van der Waals surface area contributed by atoms with Gasteiger partial charge in [0, 0.05) is 24.7 Å². The van der Waals surface area contributed by atoms with Gasteiger partial charge in [-0.1, -0.05) is 30.3 Å². The van der Waals surface area contributed by atoms with Crippen molar-refractivity contribution in [2.45, 2.75) is 38.6 Å². The summed E-state index contributed by atoms with van der Waals surface area (Å²) in [6.45, 7) is 7.48. The van der Waals surface area contributed by atoms with E-state index >= 15 is 0 Å². The molecule has 1 aliphatic rings. The molecule has 162 valence electrons. The molecule has 1 aromatic heterocycles. The van der Waals surface area contributed by atoms with Crippen molar-refractivity contribution in [1.29, 1.82) is 5.26 Å². The topological polar surface area (TPSA) is 76.5 Å². The minimum absolute atomic E-state index is 0.0893. The van der Waals surface area contributed by atoms with Crippen LogP contribution < -0.4 is 4.90 Å². The molecule has 2 heterocycles. The van der Waals surface area contributed by atoms with E-state index in [9.17, 15) is 10.4 Å². The van der Waals surface area contributed by atoms with E-state index in [2.05, 4.69) is 42.1 Å². The Kier molecular flexibility index (Phi) is 5.50. The molecule has 2 aromatic carbocycles. The third-order valence-corrected chi connectivity index (χ3v) is 6.42. The summed E-state index contributed by atoms with van der Waals surface area (Å²) in [4.78, 5) is 9.35. The zero-order chi connectivity index (χ0) is 22.3. The predicted octanol–water partition coefficient (Wildman–Crippen LogP) is 4.09. The molecule has 4 rings (SSSR count). The number of hydrogen-bond donors (Lipinski definition) is 1. The molecular weight excluding hydrogens is 388 g/mol. The minimum atomic E-state index is -0.638. The molecule has 0 saturated carbocycles. The lowest BCUT2D eigenvalue weighted by Gasteiger charge is -2.25. The van der Waals surface area contributed by atoms with Crippen LogP contribution in [-0.4, -0.2) is 54.8 Å². The van der Waals surface area contributed by atoms with E-state index in [0.29, 0.717) is 28.6 Å². The number of aliphatic hydroxyl groups excluding tert-OH is 1. The molecule has 1 atom stereocenters. The van der Waals surface area contributed by atoms with Crippen LogP contribution in [0.15, 0.2) is 34.7 Å². The molecule has 1 saturated heterocycles. The summed E-state index contributed by atoms with van der Waals surface area (Å²) in [5.41, 5.74) is 5.09. The summed E-state index contributed by atoms with van der Waals surface area (Å²) < 4.78 is 6.35. The fourth-order valence-electron chi connectivity index (χ4n) is 4.36. The summed E-state index contributed by atoms with van der Waals surface area (Å²) in [6, 6.07) is 13.0. The first kappa shape index (κ1) is 21.4. The number of benzene rings is 2. The number of aromatic nitrogens is 1. The molecule has 1 fully saturated rings. The van der Waals surface area contributed by atoms with E-state index in [-0.39, 0.29) is 6.61 Å². The maximum Gasteiger partial charge on any atom is 0.203 e. The van der Waals surface area contributed by atoms with Crippen LogP contribution in [0.4, 0.5) is 5.69 Å². The molecule has 0 bridgehead atoms. The van der Waals surface area contributed by atoms with Crippen LogP contribution >= 0.6 is 0 Å². The summed E-state index contributed by atoms with van der Waals surface area (Å²) in [6.07, 6.45) is 1.06. The Bertz CT molecular complexity index is 1140. The van der Waals surface area contributed by atoms with Crippen molar-refractivity contribution in [2.24, 2.45) is 0 Å². The van der Waals surface area contributed by atoms with E-state index in [1.54, 1.807) is 0 Å². The predicted molar refractivity (Wildman–Crippen MR) is 123 cm³/mol. The molecule has 0 spiro atoms. The first-order valence-corrected chi connectivity index (χ1v) is 10.7. The first-order chi connectivity index (χ1) is 14.8. The lowest BCUT2D eigenvalue weighted by molar-refractivity contribution is 0.194. The van der Waals surface area contributed by atoms with Crippen LogP contribution in [0.5, 0.6) is 0 Å². The Morgan fingerprint density at radius 1 is 1.29 bits per heavy atom. The Morgan fingerprint density at radius 2 is 2.00 bits per heavy atom. The van der Waals surface area contributed by atoms with E-state index in [4.69, 9.17) is 9.40 Å². The average Bonchev–Trinajstić information content (AvgIpc) is 3.42. The maximum absolute atomic E-state index is 10.0. The summed E-state index contributed by atoms with van der Waals surface area (Å²) >= 11 is 0. The van der Waals surface area contributed by atoms with Gasteiger partial charge in [-0.2, -0.15) is 5.26 Å². The van der Waals surface area contributed by atoms with E-state index in [1.807, 2.05) is 39.0 Å². The van der Waals surface area contributed by atoms with Gasteiger partial charge in [0.15, 0.2) is 5.58 Å². The Labute approximate surface area is 183 Å². The van der Waals surface area contributed by atoms with Gasteiger partial charge in [-0.15, -0.1) is 0 Å². The summed E-state index contributed by atoms with van der Waals surface area (Å²) in [7, 11) is 4.23. The Morgan fingerprint density at radius 3 is 2.58 bits per heavy atom. The zero-order valence-electron chi connectivity index (χ0n) is 18.9. The number of aliphatic hydroxyl groups is 1. The first-order valence-electron chi connectivity index (χ1n) is 10.7. The highest BCUT2D eigenvalue weighted by Crippen LogP contribution is 2.45. The van der Waals surface area contributed by atoms with Crippen LogP contribution in [0.25, 0.3) is 22.2 Å². The second-order valence-corrected chi connectivity index (χ2v) is 9.29. The van der Waals surface area contributed by atoms with Gasteiger partial charge in [0.1, 0.15) is 11.6 Å². The highest BCUT2D eigenvalue weighted by molar-refractivity contribution is 6.02. The molecule has 0 radical (unpaired) electrons. The lowest BCUT2D eigenvalue weighted by Crippen LogP contribution is -2.31. The molecule has 1 aliphatic heterocycles. The number of hydrogen-bond acceptors (Lipinski definition) is 6. The van der Waals surface area contributed by atoms with E-state index in [0.717, 1.165) is 41.9 Å². The van der Waals surface area contributed by atoms with Gasteiger partial charge in [-0.25, -0.2) is 4.98 Å². The number of nitriles is 1. The molecule has 3 aromatic rings. The number of likely N-dealkylation sites (N-methyl/N-ethyl adjacent to an activating group) is 1. The number of oxazole rings is 1. The molecule has 6 nitrogen and oxygen atoms in total. The van der Waals surface area contributed by atoms with Gasteiger partial charge in [-0.3, -0.25) is 0 Å². The zero-order valence-corrected chi connectivity index (χ0v) is 18.9. The minimum Gasteiger partial charge on any atom is -0.438 e. The maximum atomic E-state index is 10.0. The summed E-state index contributed by atoms with van der Waals surface area (Å²) in [5, 5.41) is 19.9. The fourth-order valence-corrected chi connectivity index (χ4v) is 4.36. The van der Waals surface area contributed by atoms with Gasteiger partial charge in [0.2, 0.25) is 5.89 Å². The van der Waals surface area contributed by atoms with Crippen molar-refractivity contribution in [3.8, 4) is 17.2 Å². The Balaban J connectivity index is 2.05. The van der Waals surface area contributed by atoms with Gasteiger partial charge in [0.25, 0.3) is 0 Å². The second kappa shape index (κ2) is 7.99. The molecular formula is C25H30N4O2.